The molecule has 2 aliphatic rings. The highest BCUT2D eigenvalue weighted by atomic mass is 16.7. The number of benzene rings is 1. The highest BCUT2D eigenvalue weighted by Gasteiger charge is 2.51. The van der Waals surface area contributed by atoms with Gasteiger partial charge in [-0.1, -0.05) is 42.5 Å². The molecule has 0 saturated carbocycles. The van der Waals surface area contributed by atoms with Crippen LogP contribution in [0.25, 0.3) is 0 Å². The van der Waals surface area contributed by atoms with Crippen molar-refractivity contribution >= 4 is 12.6 Å². The van der Waals surface area contributed by atoms with Crippen LogP contribution in [0.2, 0.25) is 0 Å². The van der Waals surface area contributed by atoms with Gasteiger partial charge in [0.25, 0.3) is 0 Å². The van der Waals surface area contributed by atoms with Crippen LogP contribution in [0.15, 0.2) is 60.4 Å². The van der Waals surface area contributed by atoms with Gasteiger partial charge in [0, 0.05) is 0 Å². The molecule has 132 valence electrons. The normalized spacial score (nSPS) is 22.9. The number of rotatable bonds is 4. The Kier molecular flexibility index (Phi) is 5.21. The SMILES string of the molecule is CC1(C)OB(c2cccc(COC3=CCC/C=C/C=C3)c2)OC1(C)C. The van der Waals surface area contributed by atoms with Gasteiger partial charge >= 0.3 is 7.12 Å². The fourth-order valence-electron chi connectivity index (χ4n) is 2.80. The first-order valence-corrected chi connectivity index (χ1v) is 8.98. The molecule has 1 fully saturated rings. The topological polar surface area (TPSA) is 27.7 Å². The highest BCUT2D eigenvalue weighted by Crippen LogP contribution is 2.36. The second kappa shape index (κ2) is 7.23. The van der Waals surface area contributed by atoms with Crippen molar-refractivity contribution in [2.24, 2.45) is 0 Å². The van der Waals surface area contributed by atoms with Gasteiger partial charge in [-0.25, -0.2) is 0 Å². The summed E-state index contributed by atoms with van der Waals surface area (Å²) < 4.78 is 18.2. The lowest BCUT2D eigenvalue weighted by molar-refractivity contribution is 0.00578. The molecule has 3 rings (SSSR count). The molecule has 0 atom stereocenters. The Morgan fingerprint density at radius 1 is 1.04 bits per heavy atom. The van der Waals surface area contributed by atoms with E-state index in [1.165, 1.54) is 0 Å². The Morgan fingerprint density at radius 2 is 1.80 bits per heavy atom. The molecule has 0 amide bonds. The third kappa shape index (κ3) is 4.25. The third-order valence-corrected chi connectivity index (χ3v) is 5.07. The van der Waals surface area contributed by atoms with E-state index >= 15 is 0 Å². The molecule has 0 bridgehead atoms. The van der Waals surface area contributed by atoms with E-state index in [4.69, 9.17) is 14.0 Å². The van der Waals surface area contributed by atoms with Gasteiger partial charge < -0.3 is 14.0 Å². The number of allylic oxidation sites excluding steroid dienone is 5. The Balaban J connectivity index is 1.67. The monoisotopic (exact) mass is 338 g/mol. The van der Waals surface area contributed by atoms with Crippen molar-refractivity contribution in [3.05, 3.63) is 66.0 Å². The summed E-state index contributed by atoms with van der Waals surface area (Å²) in [5.74, 6) is 0.922. The Hall–Kier alpha value is -1.78. The molecule has 1 aromatic rings. The van der Waals surface area contributed by atoms with E-state index < -0.39 is 0 Å². The zero-order valence-corrected chi connectivity index (χ0v) is 15.6. The summed E-state index contributed by atoms with van der Waals surface area (Å²) in [6, 6.07) is 8.26. The van der Waals surface area contributed by atoms with Crippen LogP contribution in [0.3, 0.4) is 0 Å². The van der Waals surface area contributed by atoms with Gasteiger partial charge in [-0.05, 0) is 63.7 Å². The zero-order valence-electron chi connectivity index (χ0n) is 15.6. The molecule has 0 N–H and O–H groups in total. The Bertz CT molecular complexity index is 685. The standard InChI is InChI=1S/C21H27BO3/c1-20(2)21(3,4)25-22(24-20)18-12-10-11-17(15-18)16-23-19-13-8-6-5-7-9-14-19/h5-6,8,10-15H,7,9,16H2,1-4H3/b6-5+,13-8?,19-14?. The number of hydrogen-bond acceptors (Lipinski definition) is 3. The van der Waals surface area contributed by atoms with Gasteiger partial charge in [-0.15, -0.1) is 0 Å². The summed E-state index contributed by atoms with van der Waals surface area (Å²) in [7, 11) is -0.337. The fraction of sp³-hybridized carbons (Fsp3) is 0.429. The maximum atomic E-state index is 6.14. The molecular formula is C21H27BO3. The fourth-order valence-corrected chi connectivity index (χ4v) is 2.80. The van der Waals surface area contributed by atoms with Gasteiger partial charge in [0.2, 0.25) is 0 Å². The molecule has 4 heteroatoms. The van der Waals surface area contributed by atoms with Crippen LogP contribution in [0, 0.1) is 0 Å². The first kappa shape index (κ1) is 18.0. The molecular weight excluding hydrogens is 311 g/mol. The zero-order chi connectivity index (χ0) is 17.9. The second-order valence-corrected chi connectivity index (χ2v) is 7.59. The largest absolute Gasteiger partial charge is 0.494 e. The van der Waals surface area contributed by atoms with Crippen LogP contribution in [-0.2, 0) is 20.7 Å². The predicted molar refractivity (Wildman–Crippen MR) is 103 cm³/mol. The Labute approximate surface area is 151 Å². The number of ether oxygens (including phenoxy) is 1. The molecule has 1 aromatic carbocycles. The van der Waals surface area contributed by atoms with Gasteiger partial charge in [0.05, 0.1) is 11.2 Å². The van der Waals surface area contributed by atoms with Crippen LogP contribution in [-0.4, -0.2) is 18.3 Å². The van der Waals surface area contributed by atoms with Crippen LogP contribution >= 0.6 is 0 Å². The van der Waals surface area contributed by atoms with Crippen molar-refractivity contribution in [3.8, 4) is 0 Å². The summed E-state index contributed by atoms with van der Waals surface area (Å²) >= 11 is 0. The van der Waals surface area contributed by atoms with Crippen molar-refractivity contribution in [1.29, 1.82) is 0 Å². The van der Waals surface area contributed by atoms with Crippen molar-refractivity contribution < 1.29 is 14.0 Å². The van der Waals surface area contributed by atoms with E-state index in [0.717, 1.165) is 29.6 Å². The van der Waals surface area contributed by atoms with Crippen LogP contribution in [0.5, 0.6) is 0 Å². The third-order valence-electron chi connectivity index (χ3n) is 5.07. The lowest BCUT2D eigenvalue weighted by Crippen LogP contribution is -2.41. The first-order chi connectivity index (χ1) is 11.9. The summed E-state index contributed by atoms with van der Waals surface area (Å²) in [5, 5.41) is 0. The lowest BCUT2D eigenvalue weighted by Gasteiger charge is -2.32. The maximum absolute atomic E-state index is 6.14. The minimum atomic E-state index is -0.337. The van der Waals surface area contributed by atoms with E-state index in [-0.39, 0.29) is 18.3 Å². The van der Waals surface area contributed by atoms with E-state index in [0.29, 0.717) is 6.61 Å². The van der Waals surface area contributed by atoms with Crippen molar-refractivity contribution in [2.45, 2.75) is 58.3 Å². The summed E-state index contributed by atoms with van der Waals surface area (Å²) in [4.78, 5) is 0. The van der Waals surface area contributed by atoms with Crippen molar-refractivity contribution in [2.75, 3.05) is 0 Å². The molecule has 1 heterocycles. The Morgan fingerprint density at radius 3 is 2.56 bits per heavy atom. The van der Waals surface area contributed by atoms with Crippen LogP contribution in [0.1, 0.15) is 46.1 Å². The highest BCUT2D eigenvalue weighted by molar-refractivity contribution is 6.62. The first-order valence-electron chi connectivity index (χ1n) is 8.98. The minimum Gasteiger partial charge on any atom is -0.489 e. The van der Waals surface area contributed by atoms with E-state index in [1.807, 2.05) is 24.3 Å². The second-order valence-electron chi connectivity index (χ2n) is 7.59. The average molecular weight is 338 g/mol. The average Bonchev–Trinajstić information content (AvgIpc) is 2.75. The minimum absolute atomic E-state index is 0.327. The van der Waals surface area contributed by atoms with Gasteiger partial charge in [-0.2, -0.15) is 0 Å². The lowest BCUT2D eigenvalue weighted by atomic mass is 9.78. The summed E-state index contributed by atoms with van der Waals surface area (Å²) in [5.41, 5.74) is 1.49. The van der Waals surface area contributed by atoms with Crippen molar-refractivity contribution in [1.82, 2.24) is 0 Å². The summed E-state index contributed by atoms with van der Waals surface area (Å²) in [6.45, 7) is 8.82. The van der Waals surface area contributed by atoms with Crippen LogP contribution < -0.4 is 5.46 Å². The predicted octanol–water partition coefficient (Wildman–Crippen LogP) is 4.29. The molecule has 0 radical (unpaired) electrons. The van der Waals surface area contributed by atoms with Crippen LogP contribution in [0.4, 0.5) is 0 Å². The number of hydrogen-bond donors (Lipinski definition) is 0. The van der Waals surface area contributed by atoms with Gasteiger partial charge in [0.1, 0.15) is 12.4 Å². The molecule has 1 aliphatic carbocycles. The molecule has 1 saturated heterocycles. The van der Waals surface area contributed by atoms with E-state index in [9.17, 15) is 0 Å². The summed E-state index contributed by atoms with van der Waals surface area (Å²) in [6.07, 6.45) is 12.4. The maximum Gasteiger partial charge on any atom is 0.494 e. The molecule has 1 aliphatic heterocycles. The quantitative estimate of drug-likeness (QED) is 0.767. The van der Waals surface area contributed by atoms with E-state index in [1.54, 1.807) is 0 Å². The molecule has 0 unspecified atom stereocenters. The molecule has 0 aromatic heterocycles. The van der Waals surface area contributed by atoms with Crippen molar-refractivity contribution in [3.63, 3.8) is 0 Å². The van der Waals surface area contributed by atoms with E-state index in [2.05, 4.69) is 58.1 Å². The van der Waals surface area contributed by atoms with Gasteiger partial charge in [0.15, 0.2) is 0 Å². The van der Waals surface area contributed by atoms with Gasteiger partial charge in [-0.3, -0.25) is 0 Å². The molecule has 3 nitrogen and oxygen atoms in total. The molecule has 25 heavy (non-hydrogen) atoms. The smallest absolute Gasteiger partial charge is 0.489 e. The molecule has 0 spiro atoms.